The molecule has 1 aliphatic rings. The Bertz CT molecular complexity index is 453. The number of hydrogen-bond donors (Lipinski definition) is 2. The van der Waals surface area contributed by atoms with Gasteiger partial charge in [0.1, 0.15) is 4.99 Å². The van der Waals surface area contributed by atoms with Gasteiger partial charge in [-0.3, -0.25) is 0 Å². The normalized spacial score (nSPS) is 17.0. The van der Waals surface area contributed by atoms with E-state index in [1.807, 2.05) is 30.0 Å². The maximum atomic E-state index is 5.97. The van der Waals surface area contributed by atoms with Crippen LogP contribution in [0.5, 0.6) is 0 Å². The fourth-order valence-electron chi connectivity index (χ4n) is 2.15. The van der Waals surface area contributed by atoms with Crippen LogP contribution < -0.4 is 11.1 Å². The van der Waals surface area contributed by atoms with Crippen molar-refractivity contribution in [3.63, 3.8) is 0 Å². The van der Waals surface area contributed by atoms with E-state index in [-0.39, 0.29) is 0 Å². The molecule has 1 fully saturated rings. The van der Waals surface area contributed by atoms with Crippen LogP contribution in [0.2, 0.25) is 5.02 Å². The highest BCUT2D eigenvalue weighted by atomic mass is 35.5. The molecule has 1 aliphatic carbocycles. The van der Waals surface area contributed by atoms with Crippen LogP contribution in [0.4, 0.5) is 5.69 Å². The third-order valence-electron chi connectivity index (χ3n) is 3.55. The molecule has 0 unspecified atom stereocenters. The summed E-state index contributed by atoms with van der Waals surface area (Å²) in [4.78, 5) is 0.381. The van der Waals surface area contributed by atoms with E-state index in [4.69, 9.17) is 29.6 Å². The van der Waals surface area contributed by atoms with Crippen LogP contribution in [-0.4, -0.2) is 22.5 Å². The topological polar surface area (TPSA) is 38.0 Å². The highest BCUT2D eigenvalue weighted by molar-refractivity contribution is 8.00. The van der Waals surface area contributed by atoms with Gasteiger partial charge >= 0.3 is 0 Å². The largest absolute Gasteiger partial charge is 0.389 e. The Balaban J connectivity index is 2.11. The average molecular weight is 301 g/mol. The second-order valence-corrected chi connectivity index (χ2v) is 6.80. The molecular weight excluding hydrogens is 284 g/mol. The van der Waals surface area contributed by atoms with E-state index in [0.29, 0.717) is 14.8 Å². The molecule has 5 heteroatoms. The van der Waals surface area contributed by atoms with Crippen molar-refractivity contribution < 1.29 is 0 Å². The molecule has 2 nitrogen and oxygen atoms in total. The number of hydrogen-bond acceptors (Lipinski definition) is 3. The summed E-state index contributed by atoms with van der Waals surface area (Å²) in [5, 5.41) is 4.13. The van der Waals surface area contributed by atoms with Crippen LogP contribution in [0.3, 0.4) is 0 Å². The van der Waals surface area contributed by atoms with Crippen LogP contribution in [0.1, 0.15) is 24.8 Å². The van der Waals surface area contributed by atoms with Crippen LogP contribution in [-0.2, 0) is 0 Å². The van der Waals surface area contributed by atoms with Crippen LogP contribution >= 0.6 is 35.6 Å². The van der Waals surface area contributed by atoms with Gasteiger partial charge in [0, 0.05) is 27.6 Å². The fourth-order valence-corrected chi connectivity index (χ4v) is 3.41. The molecule has 0 spiro atoms. The van der Waals surface area contributed by atoms with Crippen molar-refractivity contribution in [1.82, 2.24) is 0 Å². The average Bonchev–Trinajstić information content (AvgIpc) is 2.29. The standard InChI is InChI=1S/C13H17ClN2S2/c1-18-13(5-2-6-13)8-16-11-4-3-9(14)7-10(11)12(15)17/h3-4,7,16H,2,5-6,8H2,1H3,(H2,15,17). The molecule has 0 aromatic heterocycles. The second-order valence-electron chi connectivity index (χ2n) is 4.65. The highest BCUT2D eigenvalue weighted by Crippen LogP contribution is 2.42. The van der Waals surface area contributed by atoms with Gasteiger partial charge in [-0.15, -0.1) is 0 Å². The molecule has 0 heterocycles. The zero-order chi connectivity index (χ0) is 13.2. The molecule has 18 heavy (non-hydrogen) atoms. The number of anilines is 1. The maximum Gasteiger partial charge on any atom is 0.106 e. The van der Waals surface area contributed by atoms with Crippen molar-refractivity contribution >= 4 is 46.3 Å². The molecular formula is C13H17ClN2S2. The molecule has 0 atom stereocenters. The van der Waals surface area contributed by atoms with Gasteiger partial charge in [0.05, 0.1) is 0 Å². The summed E-state index contributed by atoms with van der Waals surface area (Å²) in [6.07, 6.45) is 6.05. The van der Waals surface area contributed by atoms with Gasteiger partial charge in [-0.25, -0.2) is 0 Å². The van der Waals surface area contributed by atoms with Crippen molar-refractivity contribution in [1.29, 1.82) is 0 Å². The number of nitrogens with two attached hydrogens (primary N) is 1. The molecule has 3 N–H and O–H groups in total. The quantitative estimate of drug-likeness (QED) is 0.814. The summed E-state index contributed by atoms with van der Waals surface area (Å²) in [5.41, 5.74) is 7.54. The minimum atomic E-state index is 0.381. The molecule has 1 aromatic carbocycles. The zero-order valence-corrected chi connectivity index (χ0v) is 12.7. The molecule has 0 amide bonds. The Labute approximate surface area is 123 Å². The number of halogens is 1. The Kier molecular flexibility index (Phi) is 4.41. The molecule has 2 rings (SSSR count). The van der Waals surface area contributed by atoms with Crippen molar-refractivity contribution in [2.45, 2.75) is 24.0 Å². The Morgan fingerprint density at radius 3 is 2.78 bits per heavy atom. The summed E-state index contributed by atoms with van der Waals surface area (Å²) in [7, 11) is 0. The minimum Gasteiger partial charge on any atom is -0.389 e. The molecule has 0 saturated heterocycles. The predicted octanol–water partition coefficient (Wildman–Crippen LogP) is 3.67. The van der Waals surface area contributed by atoms with Crippen LogP contribution in [0, 0.1) is 0 Å². The van der Waals surface area contributed by atoms with Gasteiger partial charge in [-0.1, -0.05) is 30.2 Å². The number of thioether (sulfide) groups is 1. The Hall–Kier alpha value is -0.450. The zero-order valence-electron chi connectivity index (χ0n) is 10.3. The van der Waals surface area contributed by atoms with Gasteiger partial charge in [0.2, 0.25) is 0 Å². The lowest BCUT2D eigenvalue weighted by atomic mass is 9.84. The second kappa shape index (κ2) is 5.68. The van der Waals surface area contributed by atoms with Gasteiger partial charge in [-0.2, -0.15) is 11.8 Å². The molecule has 0 bridgehead atoms. The van der Waals surface area contributed by atoms with Gasteiger partial charge < -0.3 is 11.1 Å². The summed E-state index contributed by atoms with van der Waals surface area (Å²) in [5.74, 6) is 0. The van der Waals surface area contributed by atoms with E-state index in [1.165, 1.54) is 19.3 Å². The molecule has 1 saturated carbocycles. The molecule has 0 aliphatic heterocycles. The van der Waals surface area contributed by atoms with Gasteiger partial charge in [0.25, 0.3) is 0 Å². The lowest BCUT2D eigenvalue weighted by molar-refractivity contribution is 0.380. The van der Waals surface area contributed by atoms with E-state index in [0.717, 1.165) is 17.8 Å². The third kappa shape index (κ3) is 2.92. The summed E-state index contributed by atoms with van der Waals surface area (Å²) < 4.78 is 0.382. The number of benzene rings is 1. The highest BCUT2D eigenvalue weighted by Gasteiger charge is 2.35. The van der Waals surface area contributed by atoms with E-state index in [9.17, 15) is 0 Å². The van der Waals surface area contributed by atoms with Crippen molar-refractivity contribution in [2.24, 2.45) is 5.73 Å². The first-order chi connectivity index (χ1) is 8.56. The van der Waals surface area contributed by atoms with E-state index in [1.54, 1.807) is 0 Å². The maximum absolute atomic E-state index is 5.97. The monoisotopic (exact) mass is 300 g/mol. The molecule has 98 valence electrons. The first-order valence-electron chi connectivity index (χ1n) is 5.95. The molecule has 0 radical (unpaired) electrons. The van der Waals surface area contributed by atoms with Crippen molar-refractivity contribution in [3.8, 4) is 0 Å². The summed E-state index contributed by atoms with van der Waals surface area (Å²) in [6, 6.07) is 5.63. The third-order valence-corrected chi connectivity index (χ3v) is 5.42. The van der Waals surface area contributed by atoms with E-state index in [2.05, 4.69) is 11.6 Å². The van der Waals surface area contributed by atoms with Gasteiger partial charge in [-0.05, 0) is 37.3 Å². The smallest absolute Gasteiger partial charge is 0.106 e. The van der Waals surface area contributed by atoms with Crippen molar-refractivity contribution in [3.05, 3.63) is 28.8 Å². The Morgan fingerprint density at radius 2 is 2.28 bits per heavy atom. The van der Waals surface area contributed by atoms with Crippen LogP contribution in [0.15, 0.2) is 18.2 Å². The number of thiocarbonyl (C=S) groups is 1. The first-order valence-corrected chi connectivity index (χ1v) is 7.96. The Morgan fingerprint density at radius 1 is 1.56 bits per heavy atom. The lowest BCUT2D eigenvalue weighted by Crippen LogP contribution is -2.40. The van der Waals surface area contributed by atoms with Crippen molar-refractivity contribution in [2.75, 3.05) is 18.1 Å². The SMILES string of the molecule is CSC1(CNc2ccc(Cl)cc2C(N)=S)CCC1. The number of nitrogens with one attached hydrogen (secondary N) is 1. The van der Waals surface area contributed by atoms with E-state index >= 15 is 0 Å². The first kappa shape index (κ1) is 14.0. The fraction of sp³-hybridized carbons (Fsp3) is 0.462. The molecule has 1 aromatic rings. The number of rotatable bonds is 5. The lowest BCUT2D eigenvalue weighted by Gasteiger charge is -2.40. The van der Waals surface area contributed by atoms with E-state index < -0.39 is 0 Å². The van der Waals surface area contributed by atoms with Crippen LogP contribution in [0.25, 0.3) is 0 Å². The predicted molar refractivity (Wildman–Crippen MR) is 85.9 cm³/mol. The summed E-state index contributed by atoms with van der Waals surface area (Å²) in [6.45, 7) is 0.950. The summed E-state index contributed by atoms with van der Waals surface area (Å²) >= 11 is 13.0. The van der Waals surface area contributed by atoms with Gasteiger partial charge in [0.15, 0.2) is 0 Å². The minimum absolute atomic E-state index is 0.381.